The summed E-state index contributed by atoms with van der Waals surface area (Å²) in [5, 5.41) is 0. The van der Waals surface area contributed by atoms with Crippen LogP contribution in [0.5, 0.6) is 0 Å². The van der Waals surface area contributed by atoms with Crippen LogP contribution in [-0.4, -0.2) is 6.61 Å². The fraction of sp³-hybridized carbons (Fsp3) is 1.00. The molecule has 0 radical (unpaired) electrons. The van der Waals surface area contributed by atoms with E-state index in [0.717, 1.165) is 6.42 Å². The first-order valence-electron chi connectivity index (χ1n) is 3.65. The smallest absolute Gasteiger partial charge is 0.0682 e. The Hall–Kier alpha value is 0.250. The van der Waals surface area contributed by atoms with Crippen molar-refractivity contribution in [1.29, 1.82) is 0 Å². The van der Waals surface area contributed by atoms with E-state index in [4.69, 9.17) is 11.9 Å². The summed E-state index contributed by atoms with van der Waals surface area (Å²) in [7, 11) is 0. The monoisotopic (exact) mass is 150 g/mol. The van der Waals surface area contributed by atoms with Gasteiger partial charge in [0.05, 0.1) is 18.5 Å². The van der Waals surface area contributed by atoms with Crippen LogP contribution in [0.3, 0.4) is 0 Å². The lowest BCUT2D eigenvalue weighted by molar-refractivity contribution is 0.335. The first-order valence-corrected chi connectivity index (χ1v) is 3.96. The molecule has 0 heterocycles. The summed E-state index contributed by atoms with van der Waals surface area (Å²) in [4.78, 5) is 0. The molecule has 0 unspecified atom stereocenters. The highest BCUT2D eigenvalue weighted by Gasteiger charge is 1.86. The lowest BCUT2D eigenvalue weighted by Crippen LogP contribution is -1.83. The number of halogens is 1. The van der Waals surface area contributed by atoms with Gasteiger partial charge in [-0.3, -0.25) is 4.29 Å². The third-order valence-electron chi connectivity index (χ3n) is 1.33. The Balaban J connectivity index is 2.60. The van der Waals surface area contributed by atoms with E-state index in [-0.39, 0.29) is 0 Å². The molecule has 0 aromatic heterocycles. The molecule has 0 atom stereocenters. The van der Waals surface area contributed by atoms with Gasteiger partial charge in [-0.15, -0.1) is 0 Å². The van der Waals surface area contributed by atoms with Crippen molar-refractivity contribution in [3.05, 3.63) is 0 Å². The zero-order valence-electron chi connectivity index (χ0n) is 6.03. The van der Waals surface area contributed by atoms with Gasteiger partial charge in [-0.05, 0) is 6.42 Å². The van der Waals surface area contributed by atoms with Crippen molar-refractivity contribution in [2.45, 2.75) is 39.0 Å². The molecule has 0 aliphatic rings. The Morgan fingerprint density at radius 2 is 1.78 bits per heavy atom. The lowest BCUT2D eigenvalue weighted by Gasteiger charge is -1.95. The molecule has 0 fully saturated rings. The Labute approximate surface area is 62.5 Å². The van der Waals surface area contributed by atoms with Gasteiger partial charge in [-0.2, -0.15) is 0 Å². The molecule has 0 rings (SSSR count). The van der Waals surface area contributed by atoms with Crippen molar-refractivity contribution in [3.8, 4) is 0 Å². The van der Waals surface area contributed by atoms with Gasteiger partial charge in [0.1, 0.15) is 0 Å². The zero-order chi connectivity index (χ0) is 6.95. The predicted octanol–water partition coefficient (Wildman–Crippen LogP) is 3.13. The quantitative estimate of drug-likeness (QED) is 0.529. The fourth-order valence-electron chi connectivity index (χ4n) is 0.760. The van der Waals surface area contributed by atoms with Crippen molar-refractivity contribution in [2.24, 2.45) is 0 Å². The zero-order valence-corrected chi connectivity index (χ0v) is 6.78. The van der Waals surface area contributed by atoms with Crippen LogP contribution in [0.25, 0.3) is 0 Å². The molecule has 1 nitrogen and oxygen atoms in total. The van der Waals surface area contributed by atoms with E-state index in [2.05, 4.69) is 11.2 Å². The van der Waals surface area contributed by atoms with E-state index in [9.17, 15) is 0 Å². The van der Waals surface area contributed by atoms with Crippen molar-refractivity contribution in [1.82, 2.24) is 0 Å². The van der Waals surface area contributed by atoms with E-state index >= 15 is 0 Å². The third-order valence-corrected chi connectivity index (χ3v) is 1.48. The maximum Gasteiger partial charge on any atom is 0.0682 e. The normalized spacial score (nSPS) is 10.0. The van der Waals surface area contributed by atoms with Crippen LogP contribution in [0.15, 0.2) is 0 Å². The second-order valence-corrected chi connectivity index (χ2v) is 2.45. The number of rotatable bonds is 6. The van der Waals surface area contributed by atoms with Crippen LogP contribution < -0.4 is 0 Å². The molecule has 0 aliphatic carbocycles. The van der Waals surface area contributed by atoms with Crippen LogP contribution >= 0.6 is 11.9 Å². The predicted molar refractivity (Wildman–Crippen MR) is 40.6 cm³/mol. The van der Waals surface area contributed by atoms with Crippen molar-refractivity contribution in [2.75, 3.05) is 6.61 Å². The standard InChI is InChI=1S/C7H15ClO/c1-2-3-4-5-6-7-9-8/h2-7H2,1H3. The minimum absolute atomic E-state index is 0.700. The Bertz CT molecular complexity index is 42.2. The second-order valence-electron chi connectivity index (χ2n) is 2.23. The second kappa shape index (κ2) is 8.25. The molecule has 0 aromatic rings. The van der Waals surface area contributed by atoms with E-state index in [1.165, 1.54) is 25.7 Å². The fourth-order valence-corrected chi connectivity index (χ4v) is 0.869. The molecule has 0 saturated carbocycles. The molecule has 0 saturated heterocycles. The van der Waals surface area contributed by atoms with Gasteiger partial charge in [-0.1, -0.05) is 32.6 Å². The summed E-state index contributed by atoms with van der Waals surface area (Å²) in [6.45, 7) is 2.91. The van der Waals surface area contributed by atoms with Gasteiger partial charge in [0.25, 0.3) is 0 Å². The lowest BCUT2D eigenvalue weighted by atomic mass is 10.2. The highest BCUT2D eigenvalue weighted by atomic mass is 35.5. The Morgan fingerprint density at radius 1 is 1.11 bits per heavy atom. The molecule has 0 spiro atoms. The Kier molecular flexibility index (Phi) is 8.48. The highest BCUT2D eigenvalue weighted by Crippen LogP contribution is 2.02. The molecule has 0 aliphatic heterocycles. The molecule has 2 heteroatoms. The van der Waals surface area contributed by atoms with Gasteiger partial charge in [0.15, 0.2) is 0 Å². The average molecular weight is 151 g/mol. The summed E-state index contributed by atoms with van der Waals surface area (Å²) in [5.41, 5.74) is 0. The molecule has 0 aromatic carbocycles. The number of hydrogen-bond donors (Lipinski definition) is 0. The summed E-state index contributed by atoms with van der Waals surface area (Å²) < 4.78 is 4.39. The van der Waals surface area contributed by atoms with Crippen molar-refractivity contribution < 1.29 is 4.29 Å². The molecule has 0 N–H and O–H groups in total. The first kappa shape index (κ1) is 9.25. The minimum atomic E-state index is 0.700. The first-order chi connectivity index (χ1) is 4.41. The maximum absolute atomic E-state index is 5.01. The van der Waals surface area contributed by atoms with E-state index in [1.807, 2.05) is 0 Å². The molecule has 0 amide bonds. The van der Waals surface area contributed by atoms with Gasteiger partial charge in [0, 0.05) is 0 Å². The molecular weight excluding hydrogens is 136 g/mol. The van der Waals surface area contributed by atoms with Gasteiger partial charge >= 0.3 is 0 Å². The van der Waals surface area contributed by atoms with E-state index in [1.54, 1.807) is 0 Å². The van der Waals surface area contributed by atoms with Crippen molar-refractivity contribution >= 4 is 11.9 Å². The average Bonchev–Trinajstić information content (AvgIpc) is 1.89. The van der Waals surface area contributed by atoms with Crippen LogP contribution in [0.1, 0.15) is 39.0 Å². The van der Waals surface area contributed by atoms with Gasteiger partial charge in [-0.25, -0.2) is 0 Å². The van der Waals surface area contributed by atoms with Crippen LogP contribution in [0.2, 0.25) is 0 Å². The minimum Gasteiger partial charge on any atom is -0.279 e. The maximum atomic E-state index is 5.01. The summed E-state index contributed by atoms with van der Waals surface area (Å²) in [6, 6.07) is 0. The molecule has 56 valence electrons. The SMILES string of the molecule is CCCCCCCOCl. The third kappa shape index (κ3) is 8.25. The topological polar surface area (TPSA) is 9.23 Å². The van der Waals surface area contributed by atoms with Crippen molar-refractivity contribution in [3.63, 3.8) is 0 Å². The highest BCUT2D eigenvalue weighted by molar-refractivity contribution is 6.07. The molecular formula is C7H15ClO. The molecule has 0 bridgehead atoms. The van der Waals surface area contributed by atoms with Crippen LogP contribution in [0.4, 0.5) is 0 Å². The van der Waals surface area contributed by atoms with E-state index in [0.29, 0.717) is 6.61 Å². The van der Waals surface area contributed by atoms with Gasteiger partial charge < -0.3 is 0 Å². The number of hydrogen-bond acceptors (Lipinski definition) is 1. The Morgan fingerprint density at radius 3 is 2.33 bits per heavy atom. The number of unbranched alkanes of at least 4 members (excludes halogenated alkanes) is 4. The largest absolute Gasteiger partial charge is 0.279 e. The van der Waals surface area contributed by atoms with Crippen LogP contribution in [0, 0.1) is 0 Å². The van der Waals surface area contributed by atoms with E-state index < -0.39 is 0 Å². The summed E-state index contributed by atoms with van der Waals surface area (Å²) in [5.74, 6) is 0. The summed E-state index contributed by atoms with van der Waals surface area (Å²) >= 11 is 5.01. The summed E-state index contributed by atoms with van der Waals surface area (Å²) in [6.07, 6.45) is 6.30. The van der Waals surface area contributed by atoms with Gasteiger partial charge in [0.2, 0.25) is 0 Å². The molecule has 9 heavy (non-hydrogen) atoms. The van der Waals surface area contributed by atoms with Crippen LogP contribution in [-0.2, 0) is 4.29 Å².